The normalized spacial score (nSPS) is 28.4. The van der Waals surface area contributed by atoms with Gasteiger partial charge in [0.1, 0.15) is 6.10 Å². The molecule has 2 fully saturated rings. The van der Waals surface area contributed by atoms with Gasteiger partial charge in [0.15, 0.2) is 0 Å². The van der Waals surface area contributed by atoms with E-state index in [2.05, 4.69) is 18.7 Å². The summed E-state index contributed by atoms with van der Waals surface area (Å²) in [5.41, 5.74) is 1.79. The molecule has 1 aliphatic carbocycles. The molecule has 0 aromatic heterocycles. The maximum Gasteiger partial charge on any atom is 0.334 e. The summed E-state index contributed by atoms with van der Waals surface area (Å²) in [6, 6.07) is 10.2. The Morgan fingerprint density at radius 2 is 1.74 bits per heavy atom. The molecule has 1 aromatic carbocycles. The molecule has 3 rings (SSSR count). The molecule has 2 nitrogen and oxygen atoms in total. The Kier molecular flexibility index (Phi) is 3.41. The first-order valence-corrected chi connectivity index (χ1v) is 7.22. The lowest BCUT2D eigenvalue weighted by Gasteiger charge is -2.30. The van der Waals surface area contributed by atoms with E-state index in [0.717, 1.165) is 5.56 Å². The van der Waals surface area contributed by atoms with Gasteiger partial charge in [-0.2, -0.15) is 0 Å². The minimum Gasteiger partial charge on any atom is -0.458 e. The first-order chi connectivity index (χ1) is 9.27. The summed E-state index contributed by atoms with van der Waals surface area (Å²) in [5, 5.41) is 0. The summed E-state index contributed by atoms with van der Waals surface area (Å²) < 4.78 is 5.64. The standard InChI is InChI=1S/C17H20O2/c1-12-15(13-8-4-2-5-9-13)16(19-17(12)18)14-10-6-3-7-11-14/h2,4-5,8-9,14-16H,1,3,6-7,10-11H2/t15-,16+/m0/s1. The number of esters is 1. The van der Waals surface area contributed by atoms with E-state index in [1.165, 1.54) is 32.1 Å². The Morgan fingerprint density at radius 3 is 2.42 bits per heavy atom. The minimum atomic E-state index is -0.204. The van der Waals surface area contributed by atoms with E-state index in [1.54, 1.807) is 0 Å². The van der Waals surface area contributed by atoms with Crippen LogP contribution >= 0.6 is 0 Å². The van der Waals surface area contributed by atoms with Crippen molar-refractivity contribution in [3.8, 4) is 0 Å². The smallest absolute Gasteiger partial charge is 0.334 e. The van der Waals surface area contributed by atoms with E-state index in [9.17, 15) is 4.79 Å². The van der Waals surface area contributed by atoms with Gasteiger partial charge in [0.25, 0.3) is 0 Å². The number of carbonyl (C=O) groups excluding carboxylic acids is 1. The zero-order valence-electron chi connectivity index (χ0n) is 11.2. The van der Waals surface area contributed by atoms with Gasteiger partial charge >= 0.3 is 5.97 Å². The molecule has 19 heavy (non-hydrogen) atoms. The molecule has 0 amide bonds. The van der Waals surface area contributed by atoms with Crippen molar-refractivity contribution in [2.24, 2.45) is 5.92 Å². The highest BCUT2D eigenvalue weighted by atomic mass is 16.6. The monoisotopic (exact) mass is 256 g/mol. The third kappa shape index (κ3) is 2.32. The van der Waals surface area contributed by atoms with E-state index in [-0.39, 0.29) is 18.0 Å². The van der Waals surface area contributed by atoms with Crippen LogP contribution in [0.2, 0.25) is 0 Å². The van der Waals surface area contributed by atoms with Crippen LogP contribution in [-0.2, 0) is 9.53 Å². The Morgan fingerprint density at radius 1 is 1.05 bits per heavy atom. The molecule has 1 saturated heterocycles. The van der Waals surface area contributed by atoms with E-state index in [1.807, 2.05) is 18.2 Å². The van der Waals surface area contributed by atoms with Gasteiger partial charge in [0.2, 0.25) is 0 Å². The number of hydrogen-bond donors (Lipinski definition) is 0. The Labute approximate surface area is 114 Å². The minimum absolute atomic E-state index is 0.00250. The van der Waals surface area contributed by atoms with E-state index in [0.29, 0.717) is 11.5 Å². The fourth-order valence-corrected chi connectivity index (χ4v) is 3.47. The largest absolute Gasteiger partial charge is 0.458 e. The predicted molar refractivity (Wildman–Crippen MR) is 74.8 cm³/mol. The second kappa shape index (κ2) is 5.20. The molecular weight excluding hydrogens is 236 g/mol. The van der Waals surface area contributed by atoms with Crippen LogP contribution in [0.5, 0.6) is 0 Å². The van der Waals surface area contributed by atoms with Crippen LogP contribution in [0.4, 0.5) is 0 Å². The summed E-state index contributed by atoms with van der Waals surface area (Å²) in [4.78, 5) is 11.9. The summed E-state index contributed by atoms with van der Waals surface area (Å²) in [6.45, 7) is 3.96. The number of cyclic esters (lactones) is 1. The molecule has 0 bridgehead atoms. The third-order valence-electron chi connectivity index (χ3n) is 4.48. The van der Waals surface area contributed by atoms with Crippen molar-refractivity contribution in [3.05, 3.63) is 48.0 Å². The maximum absolute atomic E-state index is 11.9. The van der Waals surface area contributed by atoms with Gasteiger partial charge in [-0.15, -0.1) is 0 Å². The Bertz CT molecular complexity index is 471. The van der Waals surface area contributed by atoms with Gasteiger partial charge in [0, 0.05) is 5.57 Å². The van der Waals surface area contributed by atoms with Crippen LogP contribution in [-0.4, -0.2) is 12.1 Å². The van der Waals surface area contributed by atoms with Crippen molar-refractivity contribution < 1.29 is 9.53 Å². The van der Waals surface area contributed by atoms with Gasteiger partial charge < -0.3 is 4.74 Å². The average molecular weight is 256 g/mol. The van der Waals surface area contributed by atoms with Crippen molar-refractivity contribution in [2.45, 2.75) is 44.1 Å². The molecule has 0 spiro atoms. The topological polar surface area (TPSA) is 26.3 Å². The molecule has 1 aromatic rings. The molecule has 1 aliphatic heterocycles. The van der Waals surface area contributed by atoms with Crippen molar-refractivity contribution in [3.63, 3.8) is 0 Å². The summed E-state index contributed by atoms with van der Waals surface area (Å²) in [7, 11) is 0. The number of rotatable bonds is 2. The lowest BCUT2D eigenvalue weighted by Crippen LogP contribution is -2.27. The summed E-state index contributed by atoms with van der Waals surface area (Å²) in [5.74, 6) is 0.350. The molecule has 2 aliphatic rings. The highest BCUT2D eigenvalue weighted by Gasteiger charge is 2.43. The maximum atomic E-state index is 11.9. The molecular formula is C17H20O2. The van der Waals surface area contributed by atoms with Crippen LogP contribution in [0.15, 0.2) is 42.5 Å². The van der Waals surface area contributed by atoms with E-state index in [4.69, 9.17) is 4.74 Å². The first-order valence-electron chi connectivity index (χ1n) is 7.22. The highest BCUT2D eigenvalue weighted by Crippen LogP contribution is 2.43. The molecule has 2 atom stereocenters. The highest BCUT2D eigenvalue weighted by molar-refractivity contribution is 5.92. The lowest BCUT2D eigenvalue weighted by atomic mass is 9.77. The van der Waals surface area contributed by atoms with Gasteiger partial charge in [-0.05, 0) is 24.3 Å². The summed E-state index contributed by atoms with van der Waals surface area (Å²) in [6.07, 6.45) is 6.18. The predicted octanol–water partition coefficient (Wildman–Crippen LogP) is 3.83. The van der Waals surface area contributed by atoms with Crippen molar-refractivity contribution >= 4 is 5.97 Å². The Hall–Kier alpha value is -1.57. The molecule has 0 radical (unpaired) electrons. The van der Waals surface area contributed by atoms with Crippen molar-refractivity contribution in [1.82, 2.24) is 0 Å². The van der Waals surface area contributed by atoms with Gasteiger partial charge in [-0.3, -0.25) is 0 Å². The quantitative estimate of drug-likeness (QED) is 0.593. The second-order valence-corrected chi connectivity index (χ2v) is 5.68. The molecule has 2 heteroatoms. The van der Waals surface area contributed by atoms with Gasteiger partial charge in [-0.25, -0.2) is 4.79 Å². The van der Waals surface area contributed by atoms with Crippen molar-refractivity contribution in [1.29, 1.82) is 0 Å². The average Bonchev–Trinajstić information content (AvgIpc) is 2.77. The molecule has 1 saturated carbocycles. The zero-order chi connectivity index (χ0) is 13.2. The van der Waals surface area contributed by atoms with Gasteiger partial charge in [0.05, 0.1) is 5.92 Å². The fourth-order valence-electron chi connectivity index (χ4n) is 3.47. The lowest BCUT2D eigenvalue weighted by molar-refractivity contribution is -0.141. The number of hydrogen-bond acceptors (Lipinski definition) is 2. The van der Waals surface area contributed by atoms with Crippen LogP contribution in [0.3, 0.4) is 0 Å². The van der Waals surface area contributed by atoms with Crippen LogP contribution in [0.25, 0.3) is 0 Å². The summed E-state index contributed by atoms with van der Waals surface area (Å²) >= 11 is 0. The fraction of sp³-hybridized carbons (Fsp3) is 0.471. The van der Waals surface area contributed by atoms with E-state index >= 15 is 0 Å². The zero-order valence-corrected chi connectivity index (χ0v) is 11.2. The third-order valence-corrected chi connectivity index (χ3v) is 4.48. The first kappa shape index (κ1) is 12.5. The van der Waals surface area contributed by atoms with Crippen LogP contribution in [0, 0.1) is 5.92 Å². The number of carbonyl (C=O) groups is 1. The second-order valence-electron chi connectivity index (χ2n) is 5.68. The Balaban J connectivity index is 1.89. The van der Waals surface area contributed by atoms with Gasteiger partial charge in [-0.1, -0.05) is 56.2 Å². The number of ether oxygens (including phenoxy) is 1. The molecule has 0 unspecified atom stereocenters. The van der Waals surface area contributed by atoms with Crippen LogP contribution in [0.1, 0.15) is 43.6 Å². The SMILES string of the molecule is C=C1C(=O)O[C@H](C2CCCCC2)[C@@H]1c1ccccc1. The van der Waals surface area contributed by atoms with Crippen LogP contribution < -0.4 is 0 Å². The molecule has 1 heterocycles. The molecule has 100 valence electrons. The number of benzene rings is 1. The van der Waals surface area contributed by atoms with E-state index < -0.39 is 0 Å². The molecule has 0 N–H and O–H groups in total. The van der Waals surface area contributed by atoms with Crippen molar-refractivity contribution in [2.75, 3.05) is 0 Å².